The average molecular weight is 363 g/mol. The molecule has 1 saturated heterocycles. The summed E-state index contributed by atoms with van der Waals surface area (Å²) in [5.41, 5.74) is 2.67. The number of nitrogens with zero attached hydrogens (tertiary/aromatic N) is 5. The van der Waals surface area contributed by atoms with Crippen LogP contribution in [0.3, 0.4) is 0 Å². The quantitative estimate of drug-likeness (QED) is 0.714. The first kappa shape index (κ1) is 17.5. The molecule has 0 unspecified atom stereocenters. The van der Waals surface area contributed by atoms with Crippen LogP contribution in [0.2, 0.25) is 0 Å². The van der Waals surface area contributed by atoms with Crippen molar-refractivity contribution in [2.75, 3.05) is 45.2 Å². The van der Waals surface area contributed by atoms with E-state index in [0.29, 0.717) is 12.1 Å². The van der Waals surface area contributed by atoms with E-state index in [2.05, 4.69) is 38.4 Å². The number of hydrogen-bond donors (Lipinski definition) is 0. The van der Waals surface area contributed by atoms with Gasteiger partial charge in [0, 0.05) is 51.1 Å². The molecule has 140 valence electrons. The van der Waals surface area contributed by atoms with Crippen molar-refractivity contribution in [3.05, 3.63) is 66.1 Å². The third-order valence-electron chi connectivity index (χ3n) is 5.18. The van der Waals surface area contributed by atoms with Gasteiger partial charge < -0.3 is 19.1 Å². The maximum Gasteiger partial charge on any atom is 0.255 e. The van der Waals surface area contributed by atoms with Gasteiger partial charge in [-0.1, -0.05) is 6.07 Å². The monoisotopic (exact) mass is 363 g/mol. The number of anilines is 1. The van der Waals surface area contributed by atoms with Gasteiger partial charge in [-0.25, -0.2) is 0 Å². The molecule has 0 aliphatic carbocycles. The third-order valence-corrected chi connectivity index (χ3v) is 5.18. The van der Waals surface area contributed by atoms with Crippen LogP contribution in [-0.2, 0) is 6.54 Å². The van der Waals surface area contributed by atoms with E-state index in [1.165, 1.54) is 0 Å². The van der Waals surface area contributed by atoms with Crippen LogP contribution in [0.1, 0.15) is 16.1 Å². The fourth-order valence-corrected chi connectivity index (χ4v) is 3.53. The van der Waals surface area contributed by atoms with Crippen molar-refractivity contribution in [1.29, 1.82) is 0 Å². The van der Waals surface area contributed by atoms with Crippen LogP contribution < -0.4 is 4.90 Å². The van der Waals surface area contributed by atoms with Crippen molar-refractivity contribution in [3.8, 4) is 0 Å². The largest absolute Gasteiger partial charge is 0.355 e. The first-order chi connectivity index (χ1) is 13.1. The molecule has 6 nitrogen and oxygen atoms in total. The Hall–Kier alpha value is -2.86. The summed E-state index contributed by atoms with van der Waals surface area (Å²) < 4.78 is 2.13. The minimum atomic E-state index is 0.000538. The smallest absolute Gasteiger partial charge is 0.255 e. The number of piperazine rings is 1. The Kier molecular flexibility index (Phi) is 4.81. The summed E-state index contributed by atoms with van der Waals surface area (Å²) in [5.74, 6) is 1.15. The number of fused-ring (bicyclic) bond motifs is 1. The van der Waals surface area contributed by atoms with Crippen molar-refractivity contribution >= 4 is 17.2 Å². The maximum absolute atomic E-state index is 12.9. The standard InChI is InChI=1S/C21H25N5O/c1-23-11-13-25(14-12-23)20-9-8-19-7-6-17(15-26(19)20)21(27)24(2)16-18-5-3-4-10-22-18/h3-10,15H,11-14,16H2,1-2H3. The molecule has 1 aliphatic heterocycles. The van der Waals surface area contributed by atoms with Gasteiger partial charge >= 0.3 is 0 Å². The molecule has 4 rings (SSSR count). The number of carbonyl (C=O) groups excluding carboxylic acids is 1. The van der Waals surface area contributed by atoms with Crippen LogP contribution in [-0.4, -0.2) is 65.4 Å². The van der Waals surface area contributed by atoms with E-state index in [0.717, 1.165) is 43.2 Å². The molecule has 1 fully saturated rings. The van der Waals surface area contributed by atoms with Crippen LogP contribution in [0, 0.1) is 0 Å². The van der Waals surface area contributed by atoms with E-state index in [4.69, 9.17) is 0 Å². The molecule has 0 bridgehead atoms. The molecule has 6 heteroatoms. The summed E-state index contributed by atoms with van der Waals surface area (Å²) in [4.78, 5) is 23.7. The Morgan fingerprint density at radius 3 is 2.59 bits per heavy atom. The molecular weight excluding hydrogens is 338 g/mol. The molecule has 4 heterocycles. The second-order valence-electron chi connectivity index (χ2n) is 7.18. The molecule has 27 heavy (non-hydrogen) atoms. The number of aromatic nitrogens is 2. The summed E-state index contributed by atoms with van der Waals surface area (Å²) in [6.07, 6.45) is 3.71. The number of hydrogen-bond acceptors (Lipinski definition) is 4. The van der Waals surface area contributed by atoms with Crippen molar-refractivity contribution in [2.45, 2.75) is 6.54 Å². The number of carbonyl (C=O) groups is 1. The van der Waals surface area contributed by atoms with E-state index in [-0.39, 0.29) is 5.91 Å². The van der Waals surface area contributed by atoms with Gasteiger partial charge in [0.25, 0.3) is 5.91 Å². The highest BCUT2D eigenvalue weighted by Gasteiger charge is 2.18. The summed E-state index contributed by atoms with van der Waals surface area (Å²) in [6, 6.07) is 13.9. The van der Waals surface area contributed by atoms with Gasteiger partial charge in [-0.15, -0.1) is 0 Å². The van der Waals surface area contributed by atoms with Gasteiger partial charge in [0.1, 0.15) is 5.82 Å². The zero-order valence-electron chi connectivity index (χ0n) is 15.9. The zero-order chi connectivity index (χ0) is 18.8. The fraction of sp³-hybridized carbons (Fsp3) is 0.333. The predicted molar refractivity (Wildman–Crippen MR) is 107 cm³/mol. The van der Waals surface area contributed by atoms with Crippen LogP contribution in [0.15, 0.2) is 54.9 Å². The topological polar surface area (TPSA) is 44.1 Å². The van der Waals surface area contributed by atoms with Gasteiger partial charge in [-0.2, -0.15) is 0 Å². The molecule has 0 aromatic carbocycles. The van der Waals surface area contributed by atoms with Crippen LogP contribution in [0.5, 0.6) is 0 Å². The number of rotatable bonds is 4. The molecule has 1 aliphatic rings. The Morgan fingerprint density at radius 2 is 1.85 bits per heavy atom. The summed E-state index contributed by atoms with van der Waals surface area (Å²) in [7, 11) is 3.97. The molecular formula is C21H25N5O. The summed E-state index contributed by atoms with van der Waals surface area (Å²) in [5, 5.41) is 0. The summed E-state index contributed by atoms with van der Waals surface area (Å²) >= 11 is 0. The van der Waals surface area contributed by atoms with Crippen molar-refractivity contribution in [3.63, 3.8) is 0 Å². The fourth-order valence-electron chi connectivity index (χ4n) is 3.53. The number of likely N-dealkylation sites (N-methyl/N-ethyl adjacent to an activating group) is 1. The zero-order valence-corrected chi connectivity index (χ0v) is 15.9. The van der Waals surface area contributed by atoms with Crippen molar-refractivity contribution in [1.82, 2.24) is 19.2 Å². The average Bonchev–Trinajstić information content (AvgIpc) is 3.12. The van der Waals surface area contributed by atoms with E-state index < -0.39 is 0 Å². The van der Waals surface area contributed by atoms with Crippen LogP contribution in [0.4, 0.5) is 5.82 Å². The number of amides is 1. The lowest BCUT2D eigenvalue weighted by Gasteiger charge is -2.33. The Morgan fingerprint density at radius 1 is 1.07 bits per heavy atom. The molecule has 0 spiro atoms. The van der Waals surface area contributed by atoms with Gasteiger partial charge in [0.15, 0.2) is 0 Å². The van der Waals surface area contributed by atoms with Gasteiger partial charge in [0.2, 0.25) is 0 Å². The first-order valence-electron chi connectivity index (χ1n) is 9.32. The van der Waals surface area contributed by atoms with Gasteiger partial charge in [0.05, 0.1) is 17.8 Å². The minimum absolute atomic E-state index is 0.000538. The van der Waals surface area contributed by atoms with E-state index >= 15 is 0 Å². The molecule has 3 aromatic rings. The lowest BCUT2D eigenvalue weighted by atomic mass is 10.2. The molecule has 0 saturated carbocycles. The molecule has 0 radical (unpaired) electrons. The first-order valence-corrected chi connectivity index (χ1v) is 9.32. The van der Waals surface area contributed by atoms with Crippen molar-refractivity contribution in [2.24, 2.45) is 0 Å². The Balaban J connectivity index is 1.57. The van der Waals surface area contributed by atoms with Crippen LogP contribution >= 0.6 is 0 Å². The van der Waals surface area contributed by atoms with Crippen LogP contribution in [0.25, 0.3) is 5.52 Å². The van der Waals surface area contributed by atoms with E-state index in [1.54, 1.807) is 11.1 Å². The summed E-state index contributed by atoms with van der Waals surface area (Å²) in [6.45, 7) is 4.60. The highest BCUT2D eigenvalue weighted by Crippen LogP contribution is 2.22. The Labute approximate surface area is 159 Å². The third kappa shape index (κ3) is 3.66. The number of pyridine rings is 2. The van der Waals surface area contributed by atoms with Gasteiger partial charge in [-0.3, -0.25) is 9.78 Å². The van der Waals surface area contributed by atoms with E-state index in [9.17, 15) is 4.79 Å². The lowest BCUT2D eigenvalue weighted by molar-refractivity contribution is 0.0783. The lowest BCUT2D eigenvalue weighted by Crippen LogP contribution is -2.44. The van der Waals surface area contributed by atoms with Crippen molar-refractivity contribution < 1.29 is 4.79 Å². The second kappa shape index (κ2) is 7.40. The highest BCUT2D eigenvalue weighted by molar-refractivity contribution is 5.94. The molecule has 0 atom stereocenters. The maximum atomic E-state index is 12.9. The Bertz CT molecular complexity index is 928. The minimum Gasteiger partial charge on any atom is -0.355 e. The molecule has 1 amide bonds. The highest BCUT2D eigenvalue weighted by atomic mass is 16.2. The predicted octanol–water partition coefficient (Wildman–Crippen LogP) is 2.36. The molecule has 3 aromatic heterocycles. The second-order valence-corrected chi connectivity index (χ2v) is 7.18. The van der Waals surface area contributed by atoms with E-state index in [1.807, 2.05) is 43.6 Å². The normalized spacial score (nSPS) is 15.3. The van der Waals surface area contributed by atoms with Gasteiger partial charge in [-0.05, 0) is 43.4 Å². The SMILES string of the molecule is CN1CCN(c2ccc3ccc(C(=O)N(C)Cc4ccccn4)cn23)CC1. The molecule has 0 N–H and O–H groups in total.